The number of rotatable bonds is 2. The Morgan fingerprint density at radius 3 is 2.72 bits per heavy atom. The van der Waals surface area contributed by atoms with E-state index in [9.17, 15) is 0 Å². The van der Waals surface area contributed by atoms with Crippen molar-refractivity contribution in [1.29, 1.82) is 0 Å². The van der Waals surface area contributed by atoms with E-state index < -0.39 is 0 Å². The molecule has 0 bridgehead atoms. The van der Waals surface area contributed by atoms with Crippen LogP contribution in [0, 0.1) is 5.92 Å². The number of likely N-dealkylation sites (N-methyl/N-ethyl adjacent to an activating group) is 1. The molecule has 0 amide bonds. The first kappa shape index (κ1) is 14.3. The molecule has 1 heterocycles. The molecule has 3 heteroatoms. The molecule has 18 heavy (non-hydrogen) atoms. The molecule has 3 nitrogen and oxygen atoms in total. The van der Waals surface area contributed by atoms with Gasteiger partial charge in [0.2, 0.25) is 0 Å². The van der Waals surface area contributed by atoms with Gasteiger partial charge >= 0.3 is 0 Å². The van der Waals surface area contributed by atoms with Crippen molar-refractivity contribution < 1.29 is 0 Å². The van der Waals surface area contributed by atoms with Gasteiger partial charge in [0.05, 0.1) is 0 Å². The van der Waals surface area contributed by atoms with Gasteiger partial charge in [0.25, 0.3) is 0 Å². The molecule has 0 aromatic carbocycles. The summed E-state index contributed by atoms with van der Waals surface area (Å²) in [5.41, 5.74) is 6.75. The normalized spacial score (nSPS) is 40.7. The van der Waals surface area contributed by atoms with Crippen LogP contribution >= 0.6 is 0 Å². The molecule has 1 saturated heterocycles. The van der Waals surface area contributed by atoms with E-state index in [2.05, 4.69) is 30.7 Å². The Bertz CT molecular complexity index is 268. The predicted molar refractivity (Wildman–Crippen MR) is 77.7 cm³/mol. The maximum absolute atomic E-state index is 6.67. The van der Waals surface area contributed by atoms with Crippen LogP contribution in [0.15, 0.2) is 0 Å². The lowest BCUT2D eigenvalue weighted by Gasteiger charge is -2.42. The minimum atomic E-state index is 0.0782. The first-order valence-electron chi connectivity index (χ1n) is 7.70. The van der Waals surface area contributed by atoms with E-state index >= 15 is 0 Å². The van der Waals surface area contributed by atoms with Gasteiger partial charge in [-0.1, -0.05) is 19.8 Å². The molecule has 2 rings (SSSR count). The first-order valence-corrected chi connectivity index (χ1v) is 7.70. The van der Waals surface area contributed by atoms with Crippen LogP contribution in [0.2, 0.25) is 0 Å². The summed E-state index contributed by atoms with van der Waals surface area (Å²) in [7, 11) is 2.24. The van der Waals surface area contributed by atoms with Crippen LogP contribution in [0.1, 0.15) is 46.0 Å². The van der Waals surface area contributed by atoms with Crippen LogP contribution in [0.25, 0.3) is 0 Å². The smallest absolute Gasteiger partial charge is 0.0286 e. The van der Waals surface area contributed by atoms with Crippen LogP contribution in [0.3, 0.4) is 0 Å². The number of hydrogen-bond acceptors (Lipinski definition) is 3. The van der Waals surface area contributed by atoms with Gasteiger partial charge in [-0.3, -0.25) is 4.90 Å². The fourth-order valence-electron chi connectivity index (χ4n) is 3.91. The fourth-order valence-corrected chi connectivity index (χ4v) is 3.91. The van der Waals surface area contributed by atoms with Crippen molar-refractivity contribution >= 4 is 0 Å². The minimum absolute atomic E-state index is 0.0782. The second-order valence-electron chi connectivity index (χ2n) is 7.00. The summed E-state index contributed by atoms with van der Waals surface area (Å²) in [4.78, 5) is 5.10. The largest absolute Gasteiger partial charge is 0.324 e. The van der Waals surface area contributed by atoms with Crippen molar-refractivity contribution in [3.8, 4) is 0 Å². The first-order chi connectivity index (χ1) is 8.48. The second kappa shape index (κ2) is 5.89. The summed E-state index contributed by atoms with van der Waals surface area (Å²) >= 11 is 0. The van der Waals surface area contributed by atoms with Gasteiger partial charge in [0.15, 0.2) is 0 Å². The maximum atomic E-state index is 6.67. The Morgan fingerprint density at radius 2 is 2.00 bits per heavy atom. The van der Waals surface area contributed by atoms with E-state index in [1.54, 1.807) is 0 Å². The number of hydrogen-bond donors (Lipinski definition) is 1. The van der Waals surface area contributed by atoms with Crippen LogP contribution < -0.4 is 5.73 Å². The lowest BCUT2D eigenvalue weighted by molar-refractivity contribution is 0.121. The van der Waals surface area contributed by atoms with E-state index in [-0.39, 0.29) is 5.54 Å². The molecule has 2 fully saturated rings. The molecule has 3 unspecified atom stereocenters. The highest BCUT2D eigenvalue weighted by atomic mass is 15.2. The van der Waals surface area contributed by atoms with E-state index in [1.807, 2.05) is 0 Å². The molecule has 2 aliphatic rings. The minimum Gasteiger partial charge on any atom is -0.324 e. The molecule has 0 radical (unpaired) electrons. The van der Waals surface area contributed by atoms with Gasteiger partial charge in [0, 0.05) is 24.7 Å². The standard InChI is InChI=1S/C15H31N3/c1-13-6-4-7-15(16,10-13)12-18-9-5-8-17(3)11-14(18)2/h13-14H,4-12,16H2,1-3H3. The Balaban J connectivity index is 1.94. The Labute approximate surface area is 113 Å². The molecule has 2 N–H and O–H groups in total. The molecule has 1 saturated carbocycles. The molecular formula is C15H31N3. The number of nitrogens with two attached hydrogens (primary N) is 1. The van der Waals surface area contributed by atoms with Gasteiger partial charge in [0.1, 0.15) is 0 Å². The molecule has 1 aliphatic carbocycles. The molecule has 1 aliphatic heterocycles. The van der Waals surface area contributed by atoms with Crippen molar-refractivity contribution in [3.63, 3.8) is 0 Å². The van der Waals surface area contributed by atoms with Crippen molar-refractivity contribution in [3.05, 3.63) is 0 Å². The summed E-state index contributed by atoms with van der Waals surface area (Å²) < 4.78 is 0. The zero-order chi connectivity index (χ0) is 13.2. The quantitative estimate of drug-likeness (QED) is 0.816. The van der Waals surface area contributed by atoms with Crippen molar-refractivity contribution in [2.24, 2.45) is 11.7 Å². The third kappa shape index (κ3) is 3.69. The molecule has 106 valence electrons. The van der Waals surface area contributed by atoms with E-state index in [0.29, 0.717) is 6.04 Å². The Morgan fingerprint density at radius 1 is 1.22 bits per heavy atom. The predicted octanol–water partition coefficient (Wildman–Crippen LogP) is 1.92. The highest BCUT2D eigenvalue weighted by Crippen LogP contribution is 2.31. The van der Waals surface area contributed by atoms with E-state index in [1.165, 1.54) is 51.7 Å². The zero-order valence-corrected chi connectivity index (χ0v) is 12.5. The van der Waals surface area contributed by atoms with Crippen molar-refractivity contribution in [2.75, 3.05) is 33.2 Å². The van der Waals surface area contributed by atoms with Gasteiger partial charge < -0.3 is 10.6 Å². The summed E-state index contributed by atoms with van der Waals surface area (Å²) in [5, 5.41) is 0. The SMILES string of the molecule is CC1CCCC(N)(CN2CCCN(C)CC2C)C1. The molecule has 0 spiro atoms. The average molecular weight is 253 g/mol. The highest BCUT2D eigenvalue weighted by molar-refractivity contribution is 4.94. The van der Waals surface area contributed by atoms with Crippen molar-refractivity contribution in [1.82, 2.24) is 9.80 Å². The molecule has 0 aromatic heterocycles. The van der Waals surface area contributed by atoms with Gasteiger partial charge in [-0.15, -0.1) is 0 Å². The average Bonchev–Trinajstić information content (AvgIpc) is 2.40. The third-order valence-corrected chi connectivity index (χ3v) is 4.83. The molecular weight excluding hydrogens is 222 g/mol. The van der Waals surface area contributed by atoms with Crippen LogP contribution in [-0.4, -0.2) is 54.6 Å². The third-order valence-electron chi connectivity index (χ3n) is 4.83. The molecule has 0 aromatic rings. The summed E-state index contributed by atoms with van der Waals surface area (Å²) in [6.07, 6.45) is 6.41. The fraction of sp³-hybridized carbons (Fsp3) is 1.00. The van der Waals surface area contributed by atoms with Crippen LogP contribution in [0.4, 0.5) is 0 Å². The second-order valence-corrected chi connectivity index (χ2v) is 7.00. The van der Waals surface area contributed by atoms with Crippen molar-refractivity contribution in [2.45, 2.75) is 57.5 Å². The lowest BCUT2D eigenvalue weighted by Crippen LogP contribution is -2.55. The van der Waals surface area contributed by atoms with Gasteiger partial charge in [-0.05, 0) is 52.2 Å². The van der Waals surface area contributed by atoms with Crippen LogP contribution in [0.5, 0.6) is 0 Å². The topological polar surface area (TPSA) is 32.5 Å². The Kier molecular flexibility index (Phi) is 4.68. The monoisotopic (exact) mass is 253 g/mol. The summed E-state index contributed by atoms with van der Waals surface area (Å²) in [6, 6.07) is 0.648. The summed E-state index contributed by atoms with van der Waals surface area (Å²) in [5.74, 6) is 0.814. The lowest BCUT2D eigenvalue weighted by atomic mass is 9.76. The van der Waals surface area contributed by atoms with Gasteiger partial charge in [-0.2, -0.15) is 0 Å². The van der Waals surface area contributed by atoms with Crippen LogP contribution in [-0.2, 0) is 0 Å². The molecule has 3 atom stereocenters. The number of nitrogens with zero attached hydrogens (tertiary/aromatic N) is 2. The van der Waals surface area contributed by atoms with E-state index in [4.69, 9.17) is 5.73 Å². The zero-order valence-electron chi connectivity index (χ0n) is 12.5. The van der Waals surface area contributed by atoms with Gasteiger partial charge in [-0.25, -0.2) is 0 Å². The maximum Gasteiger partial charge on any atom is 0.0286 e. The Hall–Kier alpha value is -0.120. The highest BCUT2D eigenvalue weighted by Gasteiger charge is 2.34. The summed E-state index contributed by atoms with van der Waals surface area (Å²) in [6.45, 7) is 9.46. The van der Waals surface area contributed by atoms with E-state index in [0.717, 1.165) is 12.5 Å².